The van der Waals surface area contributed by atoms with Crippen molar-refractivity contribution in [2.24, 2.45) is 0 Å². The lowest BCUT2D eigenvalue weighted by Crippen LogP contribution is -2.40. The van der Waals surface area contributed by atoms with E-state index >= 15 is 0 Å². The average molecular weight is 379 g/mol. The number of nitrogens with zero attached hydrogens (tertiary/aromatic N) is 4. The smallest absolute Gasteiger partial charge is 0.407 e. The number of carbonyl (C=O) groups excluding carboxylic acids is 1. The van der Waals surface area contributed by atoms with Crippen molar-refractivity contribution in [2.75, 3.05) is 18.0 Å². The molecule has 2 aromatic rings. The van der Waals surface area contributed by atoms with Crippen LogP contribution in [0.25, 0.3) is 4.96 Å². The van der Waals surface area contributed by atoms with Gasteiger partial charge in [-0.2, -0.15) is 4.52 Å². The van der Waals surface area contributed by atoms with Crippen LogP contribution in [0.1, 0.15) is 46.2 Å². The molecule has 2 aromatic heterocycles. The lowest BCUT2D eigenvalue weighted by atomic mass is 10.2. The number of carbonyl (C=O) groups is 1. The molecular formula is C17H25N5O3S. The number of nitrogens with one attached hydrogen (secondary N) is 1. The van der Waals surface area contributed by atoms with Crippen molar-refractivity contribution in [1.29, 1.82) is 0 Å². The van der Waals surface area contributed by atoms with Crippen molar-refractivity contribution < 1.29 is 9.53 Å². The molecule has 1 saturated heterocycles. The van der Waals surface area contributed by atoms with Gasteiger partial charge >= 0.3 is 6.09 Å². The molecule has 3 heterocycles. The zero-order chi connectivity index (χ0) is 18.9. The van der Waals surface area contributed by atoms with E-state index in [1.807, 2.05) is 20.8 Å². The maximum absolute atomic E-state index is 12.2. The number of alkyl carbamates (subject to hydrolysis) is 1. The molecule has 0 spiro atoms. The zero-order valence-corrected chi connectivity index (χ0v) is 16.4. The van der Waals surface area contributed by atoms with Gasteiger partial charge in [-0.1, -0.05) is 24.7 Å². The Labute approximate surface area is 156 Å². The highest BCUT2D eigenvalue weighted by Gasteiger charge is 2.28. The van der Waals surface area contributed by atoms with Gasteiger partial charge in [-0.25, -0.2) is 9.78 Å². The molecule has 0 bridgehead atoms. The Balaban J connectivity index is 1.70. The van der Waals surface area contributed by atoms with E-state index in [4.69, 9.17) is 4.74 Å². The highest BCUT2D eigenvalue weighted by atomic mass is 32.1. The van der Waals surface area contributed by atoms with Gasteiger partial charge in [-0.3, -0.25) is 4.79 Å². The molecular weight excluding hydrogens is 354 g/mol. The van der Waals surface area contributed by atoms with Crippen molar-refractivity contribution in [3.63, 3.8) is 0 Å². The minimum atomic E-state index is -0.515. The number of aryl methyl sites for hydroxylation is 1. The third-order valence-electron chi connectivity index (χ3n) is 3.97. The highest BCUT2D eigenvalue weighted by molar-refractivity contribution is 7.20. The van der Waals surface area contributed by atoms with Gasteiger partial charge < -0.3 is 15.0 Å². The number of anilines is 1. The Morgan fingerprint density at radius 3 is 2.92 bits per heavy atom. The lowest BCUT2D eigenvalue weighted by Gasteiger charge is -2.21. The van der Waals surface area contributed by atoms with Gasteiger partial charge in [0, 0.05) is 24.8 Å². The topological polar surface area (TPSA) is 88.8 Å². The van der Waals surface area contributed by atoms with Crippen molar-refractivity contribution in [1.82, 2.24) is 19.9 Å². The Hall–Kier alpha value is -2.16. The molecule has 0 aromatic carbocycles. The quantitative estimate of drug-likeness (QED) is 0.876. The SMILES string of the molecule is CCCc1cc(=O)n2nc(N3CCC(NC(=O)OC(C)(C)C)C3)sc2n1. The molecule has 1 aliphatic rings. The third kappa shape index (κ3) is 4.32. The summed E-state index contributed by atoms with van der Waals surface area (Å²) >= 11 is 1.40. The van der Waals surface area contributed by atoms with Gasteiger partial charge in [0.25, 0.3) is 5.56 Å². The predicted octanol–water partition coefficient (Wildman–Crippen LogP) is 2.21. The van der Waals surface area contributed by atoms with Crippen LogP contribution in [0.5, 0.6) is 0 Å². The number of hydrogen-bond donors (Lipinski definition) is 1. The molecule has 3 rings (SSSR count). The number of fused-ring (bicyclic) bond motifs is 1. The maximum atomic E-state index is 12.2. The standard InChI is InChI=1S/C17H25N5O3S/c1-5-6-11-9-13(23)22-14(18-11)26-15(20-22)21-8-7-12(10-21)19-16(24)25-17(2,3)4/h9,12H,5-8,10H2,1-4H3,(H,19,24). The van der Waals surface area contributed by atoms with Crippen LogP contribution >= 0.6 is 11.3 Å². The van der Waals surface area contributed by atoms with Crippen LogP contribution in [-0.2, 0) is 11.2 Å². The van der Waals surface area contributed by atoms with E-state index < -0.39 is 11.7 Å². The van der Waals surface area contributed by atoms with Gasteiger partial charge in [0.1, 0.15) is 5.60 Å². The number of amides is 1. The van der Waals surface area contributed by atoms with Gasteiger partial charge in [0.15, 0.2) is 0 Å². The van der Waals surface area contributed by atoms with E-state index in [-0.39, 0.29) is 11.6 Å². The Bertz CT molecular complexity index is 854. The summed E-state index contributed by atoms with van der Waals surface area (Å²) in [5.74, 6) is 0. The second-order valence-corrected chi connectivity index (χ2v) is 8.43. The summed E-state index contributed by atoms with van der Waals surface area (Å²) in [6, 6.07) is 1.55. The molecule has 26 heavy (non-hydrogen) atoms. The third-order valence-corrected chi connectivity index (χ3v) is 4.94. The van der Waals surface area contributed by atoms with Crippen molar-refractivity contribution in [3.05, 3.63) is 22.1 Å². The fraction of sp³-hybridized carbons (Fsp3) is 0.647. The van der Waals surface area contributed by atoms with Crippen molar-refractivity contribution in [2.45, 2.75) is 58.6 Å². The van der Waals surface area contributed by atoms with E-state index in [9.17, 15) is 9.59 Å². The van der Waals surface area contributed by atoms with Gasteiger partial charge in [-0.15, -0.1) is 5.10 Å². The van der Waals surface area contributed by atoms with Crippen LogP contribution in [0, 0.1) is 0 Å². The van der Waals surface area contributed by atoms with Crippen LogP contribution in [-0.4, -0.2) is 45.4 Å². The average Bonchev–Trinajstić information content (AvgIpc) is 3.12. The molecule has 8 nitrogen and oxygen atoms in total. The summed E-state index contributed by atoms with van der Waals surface area (Å²) in [7, 11) is 0. The summed E-state index contributed by atoms with van der Waals surface area (Å²) in [5, 5.41) is 8.05. The molecule has 1 fully saturated rings. The molecule has 0 saturated carbocycles. The van der Waals surface area contributed by atoms with E-state index in [0.717, 1.165) is 36.6 Å². The summed E-state index contributed by atoms with van der Waals surface area (Å²) in [4.78, 5) is 31.4. The highest BCUT2D eigenvalue weighted by Crippen LogP contribution is 2.25. The normalized spacial score (nSPS) is 17.7. The van der Waals surface area contributed by atoms with E-state index in [1.165, 1.54) is 15.9 Å². The zero-order valence-electron chi connectivity index (χ0n) is 15.6. The van der Waals surface area contributed by atoms with Crippen molar-refractivity contribution in [3.8, 4) is 0 Å². The number of aromatic nitrogens is 3. The first-order valence-electron chi connectivity index (χ1n) is 8.89. The molecule has 1 unspecified atom stereocenters. The molecule has 0 aliphatic carbocycles. The molecule has 1 atom stereocenters. The molecule has 142 valence electrons. The fourth-order valence-electron chi connectivity index (χ4n) is 2.88. The van der Waals surface area contributed by atoms with Crippen molar-refractivity contribution >= 4 is 27.5 Å². The Kier molecular flexibility index (Phi) is 5.17. The largest absolute Gasteiger partial charge is 0.444 e. The maximum Gasteiger partial charge on any atom is 0.407 e. The van der Waals surface area contributed by atoms with Crippen LogP contribution in [0.2, 0.25) is 0 Å². The lowest BCUT2D eigenvalue weighted by molar-refractivity contribution is 0.0509. The number of hydrogen-bond acceptors (Lipinski definition) is 7. The Morgan fingerprint density at radius 2 is 2.23 bits per heavy atom. The van der Waals surface area contributed by atoms with E-state index in [0.29, 0.717) is 11.5 Å². The van der Waals surface area contributed by atoms with Gasteiger partial charge in [0.05, 0.1) is 6.04 Å². The first kappa shape index (κ1) is 18.6. The minimum absolute atomic E-state index is 0.00260. The molecule has 9 heteroatoms. The van der Waals surface area contributed by atoms with Crippen LogP contribution in [0.15, 0.2) is 10.9 Å². The fourth-order valence-corrected chi connectivity index (χ4v) is 3.85. The summed E-state index contributed by atoms with van der Waals surface area (Å²) in [6.07, 6.45) is 2.12. The first-order chi connectivity index (χ1) is 12.2. The summed E-state index contributed by atoms with van der Waals surface area (Å²) in [6.45, 7) is 8.97. The summed E-state index contributed by atoms with van der Waals surface area (Å²) in [5.41, 5.74) is 0.139. The summed E-state index contributed by atoms with van der Waals surface area (Å²) < 4.78 is 6.66. The van der Waals surface area contributed by atoms with E-state index in [2.05, 4.69) is 27.2 Å². The van der Waals surface area contributed by atoms with E-state index in [1.54, 1.807) is 6.07 Å². The molecule has 0 radical (unpaired) electrons. The monoisotopic (exact) mass is 379 g/mol. The molecule has 1 N–H and O–H groups in total. The molecule has 1 aliphatic heterocycles. The second kappa shape index (κ2) is 7.22. The number of rotatable bonds is 4. The minimum Gasteiger partial charge on any atom is -0.444 e. The van der Waals surface area contributed by atoms with Crippen LogP contribution in [0.4, 0.5) is 9.93 Å². The van der Waals surface area contributed by atoms with Crippen LogP contribution in [0.3, 0.4) is 0 Å². The number of ether oxygens (including phenoxy) is 1. The molecule has 1 amide bonds. The first-order valence-corrected chi connectivity index (χ1v) is 9.71. The second-order valence-electron chi connectivity index (χ2n) is 7.49. The Morgan fingerprint density at radius 1 is 1.46 bits per heavy atom. The van der Waals surface area contributed by atoms with Crippen LogP contribution < -0.4 is 15.8 Å². The van der Waals surface area contributed by atoms with Gasteiger partial charge in [0.2, 0.25) is 10.1 Å². The predicted molar refractivity (Wildman–Crippen MR) is 101 cm³/mol. The van der Waals surface area contributed by atoms with Gasteiger partial charge in [-0.05, 0) is 33.6 Å².